The first-order chi connectivity index (χ1) is 4.81. The summed E-state index contributed by atoms with van der Waals surface area (Å²) >= 11 is 0. The van der Waals surface area contributed by atoms with Crippen LogP contribution in [0.25, 0.3) is 0 Å². The lowest BCUT2D eigenvalue weighted by Gasteiger charge is -2.39. The van der Waals surface area contributed by atoms with Gasteiger partial charge in [-0.3, -0.25) is 4.79 Å². The van der Waals surface area contributed by atoms with Crippen molar-refractivity contribution in [1.29, 1.82) is 0 Å². The molecule has 0 atom stereocenters. The zero-order valence-corrected chi connectivity index (χ0v) is 8.82. The second-order valence-corrected chi connectivity index (χ2v) is 7.74. The van der Waals surface area contributed by atoms with Crippen LogP contribution < -0.4 is 0 Å². The summed E-state index contributed by atoms with van der Waals surface area (Å²) in [5.41, 5.74) is 0. The molecule has 1 aliphatic rings. The van der Waals surface area contributed by atoms with E-state index in [1.807, 2.05) is 0 Å². The average Bonchev–Trinajstić information content (AvgIpc) is 1.49. The van der Waals surface area contributed by atoms with Gasteiger partial charge in [-0.1, -0.05) is 27.7 Å². The Bertz CT molecular complexity index is 164. The van der Waals surface area contributed by atoms with Gasteiger partial charge in [0.15, 0.2) is 0 Å². The summed E-state index contributed by atoms with van der Waals surface area (Å²) in [6.07, 6.45) is 1.57. The van der Waals surface area contributed by atoms with Gasteiger partial charge in [-0.15, -0.1) is 8.58 Å². The van der Waals surface area contributed by atoms with Gasteiger partial charge in [0.25, 0.3) is 0 Å². The quantitative estimate of drug-likeness (QED) is 0.513. The van der Waals surface area contributed by atoms with Crippen molar-refractivity contribution in [2.45, 2.75) is 50.8 Å². The molecule has 1 aliphatic heterocycles. The molecule has 0 N–H and O–H groups in total. The maximum Gasteiger partial charge on any atom is 0.134 e. The number of carbonyl (C=O) groups is 1. The molecule has 0 saturated carbocycles. The zero-order chi connectivity index (χ0) is 8.70. The van der Waals surface area contributed by atoms with Crippen molar-refractivity contribution in [1.82, 2.24) is 0 Å². The lowest BCUT2D eigenvalue weighted by molar-refractivity contribution is -0.120. The Morgan fingerprint density at radius 1 is 1.09 bits per heavy atom. The largest absolute Gasteiger partial charge is 0.300 e. The molecule has 1 saturated heterocycles. The van der Waals surface area contributed by atoms with Crippen LogP contribution in [0.15, 0.2) is 0 Å². The highest BCUT2D eigenvalue weighted by molar-refractivity contribution is 7.42. The van der Waals surface area contributed by atoms with Gasteiger partial charge in [-0.2, -0.15) is 0 Å². The number of ketones is 1. The highest BCUT2D eigenvalue weighted by Gasteiger charge is 2.37. The Hall–Kier alpha value is 0.100. The first kappa shape index (κ1) is 9.19. The van der Waals surface area contributed by atoms with Gasteiger partial charge in [0.2, 0.25) is 0 Å². The average molecular weight is 172 g/mol. The minimum absolute atomic E-state index is 0.263. The van der Waals surface area contributed by atoms with E-state index in [4.69, 9.17) is 0 Å². The molecule has 0 aromatic rings. The summed E-state index contributed by atoms with van der Waals surface area (Å²) < 4.78 is 0. The maximum atomic E-state index is 11.3. The predicted octanol–water partition coefficient (Wildman–Crippen LogP) is 2.59. The number of rotatable bonds is 0. The van der Waals surface area contributed by atoms with Crippen LogP contribution in [0.5, 0.6) is 0 Å². The highest BCUT2D eigenvalue weighted by Crippen LogP contribution is 2.50. The second-order valence-electron chi connectivity index (χ2n) is 4.78. The van der Waals surface area contributed by atoms with Gasteiger partial charge < -0.3 is 0 Å². The summed E-state index contributed by atoms with van der Waals surface area (Å²) in [5.74, 6) is 0.443. The number of carbonyl (C=O) groups excluding carboxylic acids is 1. The molecule has 1 fully saturated rings. The summed E-state index contributed by atoms with van der Waals surface area (Å²) in [5, 5.41) is 0.525. The van der Waals surface area contributed by atoms with E-state index in [2.05, 4.69) is 27.7 Å². The Morgan fingerprint density at radius 3 is 1.73 bits per heavy atom. The Morgan fingerprint density at radius 2 is 1.45 bits per heavy atom. The van der Waals surface area contributed by atoms with E-state index < -0.39 is 0 Å². The van der Waals surface area contributed by atoms with Crippen LogP contribution in [0.1, 0.15) is 40.5 Å². The van der Waals surface area contributed by atoms with E-state index in [0.717, 1.165) is 21.4 Å². The summed E-state index contributed by atoms with van der Waals surface area (Å²) in [6, 6.07) is 0. The van der Waals surface area contributed by atoms with Gasteiger partial charge >= 0.3 is 0 Å². The Kier molecular flexibility index (Phi) is 2.13. The molecular weight excluding hydrogens is 155 g/mol. The normalized spacial score (nSPS) is 28.5. The van der Waals surface area contributed by atoms with Gasteiger partial charge in [-0.05, 0) is 10.3 Å². The molecule has 0 amide bonds. The van der Waals surface area contributed by atoms with Crippen LogP contribution in [0, 0.1) is 0 Å². The third-order valence-corrected chi connectivity index (χ3v) is 3.66. The van der Waals surface area contributed by atoms with Crippen LogP contribution in [-0.2, 0) is 4.79 Å². The van der Waals surface area contributed by atoms with Crippen molar-refractivity contribution in [3.8, 4) is 0 Å². The SMILES string of the molecule is CC1(C)CC(=O)CC(C)(C)P1. The molecular formula is C9H17OP. The van der Waals surface area contributed by atoms with Gasteiger partial charge in [0.1, 0.15) is 5.78 Å². The van der Waals surface area contributed by atoms with Gasteiger partial charge in [-0.25, -0.2) is 0 Å². The molecule has 1 heterocycles. The lowest BCUT2D eigenvalue weighted by atomic mass is 9.97. The minimum atomic E-state index is 0.263. The minimum Gasteiger partial charge on any atom is -0.300 e. The molecule has 0 aromatic heterocycles. The van der Waals surface area contributed by atoms with E-state index in [0.29, 0.717) is 5.78 Å². The van der Waals surface area contributed by atoms with Crippen molar-refractivity contribution in [3.63, 3.8) is 0 Å². The van der Waals surface area contributed by atoms with E-state index in [1.165, 1.54) is 0 Å². The smallest absolute Gasteiger partial charge is 0.134 e. The molecule has 0 unspecified atom stereocenters. The molecule has 11 heavy (non-hydrogen) atoms. The predicted molar refractivity (Wildman–Crippen MR) is 50.7 cm³/mol. The van der Waals surface area contributed by atoms with Crippen LogP contribution in [0.4, 0.5) is 0 Å². The van der Waals surface area contributed by atoms with Crippen molar-refractivity contribution in [2.24, 2.45) is 0 Å². The van der Waals surface area contributed by atoms with Crippen LogP contribution in [0.2, 0.25) is 0 Å². The topological polar surface area (TPSA) is 17.1 Å². The van der Waals surface area contributed by atoms with Crippen molar-refractivity contribution >= 4 is 14.4 Å². The molecule has 1 rings (SSSR count). The highest BCUT2D eigenvalue weighted by atomic mass is 31.1. The first-order valence-corrected chi connectivity index (χ1v) is 5.12. The van der Waals surface area contributed by atoms with Gasteiger partial charge in [0, 0.05) is 12.8 Å². The van der Waals surface area contributed by atoms with Gasteiger partial charge in [0.05, 0.1) is 0 Å². The third kappa shape index (κ3) is 2.56. The van der Waals surface area contributed by atoms with E-state index >= 15 is 0 Å². The maximum absolute atomic E-state index is 11.3. The lowest BCUT2D eigenvalue weighted by Crippen LogP contribution is -2.34. The van der Waals surface area contributed by atoms with Crippen LogP contribution in [0.3, 0.4) is 0 Å². The molecule has 1 nitrogen and oxygen atoms in total. The molecule has 64 valence electrons. The van der Waals surface area contributed by atoms with Crippen LogP contribution in [-0.4, -0.2) is 16.1 Å². The van der Waals surface area contributed by atoms with E-state index in [1.54, 1.807) is 0 Å². The van der Waals surface area contributed by atoms with Crippen molar-refractivity contribution < 1.29 is 4.79 Å². The summed E-state index contributed by atoms with van der Waals surface area (Å²) in [7, 11) is 0.920. The fourth-order valence-corrected chi connectivity index (χ4v) is 4.46. The fourth-order valence-electron chi connectivity index (χ4n) is 2.05. The summed E-state index contributed by atoms with van der Waals surface area (Å²) in [6.45, 7) is 8.79. The number of hydrogen-bond donors (Lipinski definition) is 0. The molecule has 0 radical (unpaired) electrons. The van der Waals surface area contributed by atoms with Crippen LogP contribution >= 0.6 is 8.58 Å². The monoisotopic (exact) mass is 172 g/mol. The molecule has 0 aromatic carbocycles. The fraction of sp³-hybridized carbons (Fsp3) is 0.889. The molecule has 2 heteroatoms. The van der Waals surface area contributed by atoms with E-state index in [-0.39, 0.29) is 10.3 Å². The third-order valence-electron chi connectivity index (χ3n) is 1.95. The molecule has 0 bridgehead atoms. The molecule has 0 aliphatic carbocycles. The Labute approximate surface area is 70.7 Å². The number of Topliss-reactive ketones (excluding diaryl/α,β-unsaturated/α-hetero) is 1. The zero-order valence-electron chi connectivity index (χ0n) is 7.82. The van der Waals surface area contributed by atoms with Crippen molar-refractivity contribution in [3.05, 3.63) is 0 Å². The summed E-state index contributed by atoms with van der Waals surface area (Å²) in [4.78, 5) is 11.3. The molecule has 0 spiro atoms. The Balaban J connectivity index is 2.74. The second kappa shape index (κ2) is 2.55. The number of hydrogen-bond acceptors (Lipinski definition) is 1. The standard InChI is InChI=1S/C9H17OP/c1-8(2)5-7(10)6-9(3,4)11-8/h11H,5-6H2,1-4H3. The van der Waals surface area contributed by atoms with Crippen molar-refractivity contribution in [2.75, 3.05) is 0 Å². The van der Waals surface area contributed by atoms with E-state index in [9.17, 15) is 4.79 Å². The first-order valence-electron chi connectivity index (χ1n) is 4.12.